The number of aromatic nitrogens is 2. The number of nitrogens with zero attached hydrogens (tertiary/aromatic N) is 4. The Kier molecular flexibility index (Phi) is 5.90. The van der Waals surface area contributed by atoms with Crippen LogP contribution in [0.5, 0.6) is 0 Å². The number of carbonyl (C=O) groups is 1. The fourth-order valence-electron chi connectivity index (χ4n) is 5.44. The second kappa shape index (κ2) is 8.95. The van der Waals surface area contributed by atoms with Crippen molar-refractivity contribution in [3.8, 4) is 0 Å². The molecule has 1 amide bonds. The fraction of sp³-hybridized carbons (Fsp3) is 0.560. The lowest BCUT2D eigenvalue weighted by Crippen LogP contribution is -2.38. The van der Waals surface area contributed by atoms with E-state index in [0.717, 1.165) is 76.3 Å². The average molecular weight is 421 g/mol. The highest BCUT2D eigenvalue weighted by molar-refractivity contribution is 5.78. The minimum atomic E-state index is 0.0976. The Morgan fingerprint density at radius 3 is 2.68 bits per heavy atom. The lowest BCUT2D eigenvalue weighted by Gasteiger charge is -2.21. The molecule has 2 aromatic rings. The highest BCUT2D eigenvalue weighted by Gasteiger charge is 2.31. The van der Waals surface area contributed by atoms with Crippen LogP contribution in [0.15, 0.2) is 41.2 Å². The van der Waals surface area contributed by atoms with Crippen molar-refractivity contribution in [1.82, 2.24) is 19.4 Å². The molecule has 4 heterocycles. The third-order valence-electron chi connectivity index (χ3n) is 7.25. The topological polar surface area (TPSA) is 58.4 Å². The summed E-state index contributed by atoms with van der Waals surface area (Å²) in [6.45, 7) is 4.65. The molecule has 164 valence electrons. The standard InChI is InChI=1S/C25H32N4O2/c30-24-15-22(26-23-9-5-2-6-12-29(23)24)21-10-13-27(16-21)18-25(31)28-14-11-20(17-28)19-7-3-1-4-8-19/h1,3-4,7-8,15,20-21H,2,5-6,9-14,16-18H2/t20-,21-/m0/s1. The zero-order chi connectivity index (χ0) is 21.2. The molecule has 2 fully saturated rings. The molecular formula is C25H32N4O2. The van der Waals surface area contributed by atoms with Gasteiger partial charge in [0, 0.05) is 50.5 Å². The van der Waals surface area contributed by atoms with Gasteiger partial charge >= 0.3 is 0 Å². The van der Waals surface area contributed by atoms with Gasteiger partial charge in [-0.15, -0.1) is 0 Å². The molecule has 0 radical (unpaired) electrons. The van der Waals surface area contributed by atoms with Gasteiger partial charge in [-0.2, -0.15) is 0 Å². The number of fused-ring (bicyclic) bond motifs is 1. The second-order valence-corrected chi connectivity index (χ2v) is 9.35. The number of hydrogen-bond acceptors (Lipinski definition) is 4. The Morgan fingerprint density at radius 1 is 0.968 bits per heavy atom. The number of carbonyl (C=O) groups excluding carboxylic acids is 1. The van der Waals surface area contributed by atoms with Crippen LogP contribution in [0, 0.1) is 0 Å². The van der Waals surface area contributed by atoms with Crippen molar-refractivity contribution in [1.29, 1.82) is 0 Å². The van der Waals surface area contributed by atoms with Gasteiger partial charge in [-0.1, -0.05) is 36.8 Å². The first-order chi connectivity index (χ1) is 15.2. The van der Waals surface area contributed by atoms with E-state index in [1.54, 1.807) is 6.07 Å². The normalized spacial score (nSPS) is 24.2. The van der Waals surface area contributed by atoms with Gasteiger partial charge in [0.1, 0.15) is 5.82 Å². The van der Waals surface area contributed by atoms with Crippen molar-refractivity contribution in [2.45, 2.75) is 56.9 Å². The minimum absolute atomic E-state index is 0.0976. The maximum atomic E-state index is 12.9. The summed E-state index contributed by atoms with van der Waals surface area (Å²) >= 11 is 0. The van der Waals surface area contributed by atoms with Crippen molar-refractivity contribution in [2.24, 2.45) is 0 Å². The van der Waals surface area contributed by atoms with Crippen LogP contribution in [-0.2, 0) is 17.8 Å². The molecule has 5 rings (SSSR count). The van der Waals surface area contributed by atoms with E-state index in [1.807, 2.05) is 15.5 Å². The Bertz CT molecular complexity index is 987. The van der Waals surface area contributed by atoms with E-state index in [0.29, 0.717) is 12.5 Å². The van der Waals surface area contributed by atoms with E-state index in [-0.39, 0.29) is 17.4 Å². The van der Waals surface area contributed by atoms with Crippen LogP contribution < -0.4 is 5.56 Å². The molecule has 2 atom stereocenters. The molecular weight excluding hydrogens is 388 g/mol. The molecule has 1 aromatic heterocycles. The quantitative estimate of drug-likeness (QED) is 0.763. The fourth-order valence-corrected chi connectivity index (χ4v) is 5.44. The van der Waals surface area contributed by atoms with Crippen molar-refractivity contribution in [3.63, 3.8) is 0 Å². The molecule has 6 heteroatoms. The van der Waals surface area contributed by atoms with Crippen LogP contribution in [0.1, 0.15) is 61.0 Å². The first kappa shape index (κ1) is 20.4. The summed E-state index contributed by atoms with van der Waals surface area (Å²) < 4.78 is 1.86. The summed E-state index contributed by atoms with van der Waals surface area (Å²) in [4.78, 5) is 34.7. The Labute approximate surface area is 183 Å². The third-order valence-corrected chi connectivity index (χ3v) is 7.25. The summed E-state index contributed by atoms with van der Waals surface area (Å²) in [5, 5.41) is 0. The number of hydrogen-bond donors (Lipinski definition) is 0. The van der Waals surface area contributed by atoms with Gasteiger partial charge in [0.15, 0.2) is 0 Å². The number of aryl methyl sites for hydroxylation is 1. The van der Waals surface area contributed by atoms with Crippen molar-refractivity contribution < 1.29 is 4.79 Å². The molecule has 1 aromatic carbocycles. The van der Waals surface area contributed by atoms with Crippen LogP contribution in [0.25, 0.3) is 0 Å². The van der Waals surface area contributed by atoms with Crippen molar-refractivity contribution in [3.05, 3.63) is 63.8 Å². The van der Waals surface area contributed by atoms with E-state index in [1.165, 1.54) is 12.0 Å². The highest BCUT2D eigenvalue weighted by Crippen LogP contribution is 2.29. The maximum Gasteiger partial charge on any atom is 0.253 e. The molecule has 0 bridgehead atoms. The Balaban J connectivity index is 1.19. The summed E-state index contributed by atoms with van der Waals surface area (Å²) in [5.41, 5.74) is 2.36. The SMILES string of the molecule is O=C(CN1CC[C@H](c2cc(=O)n3c(n2)CCCCC3)C1)N1CC[C@H](c2ccccc2)C1. The summed E-state index contributed by atoms with van der Waals surface area (Å²) in [6, 6.07) is 12.3. The molecule has 0 unspecified atom stereocenters. The zero-order valence-electron chi connectivity index (χ0n) is 18.2. The second-order valence-electron chi connectivity index (χ2n) is 9.35. The van der Waals surface area contributed by atoms with E-state index in [4.69, 9.17) is 4.98 Å². The molecule has 0 saturated carbocycles. The van der Waals surface area contributed by atoms with Crippen molar-refractivity contribution >= 4 is 5.91 Å². The molecule has 3 aliphatic rings. The lowest BCUT2D eigenvalue weighted by atomic mass is 9.99. The third kappa shape index (κ3) is 4.45. The van der Waals surface area contributed by atoms with Crippen LogP contribution in [0.3, 0.4) is 0 Å². The lowest BCUT2D eigenvalue weighted by molar-refractivity contribution is -0.131. The Morgan fingerprint density at radius 2 is 1.81 bits per heavy atom. The van der Waals surface area contributed by atoms with Gasteiger partial charge in [0.05, 0.1) is 12.2 Å². The molecule has 2 saturated heterocycles. The number of rotatable bonds is 4. The van der Waals surface area contributed by atoms with Gasteiger partial charge in [-0.25, -0.2) is 4.98 Å². The van der Waals surface area contributed by atoms with Crippen molar-refractivity contribution in [2.75, 3.05) is 32.7 Å². The van der Waals surface area contributed by atoms with Crippen LogP contribution >= 0.6 is 0 Å². The van der Waals surface area contributed by atoms with Crippen LogP contribution in [-0.4, -0.2) is 58.0 Å². The molecule has 31 heavy (non-hydrogen) atoms. The largest absolute Gasteiger partial charge is 0.341 e. The maximum absolute atomic E-state index is 12.9. The van der Waals surface area contributed by atoms with E-state index < -0.39 is 0 Å². The molecule has 0 N–H and O–H groups in total. The summed E-state index contributed by atoms with van der Waals surface area (Å²) in [6.07, 6.45) is 6.25. The smallest absolute Gasteiger partial charge is 0.253 e. The average Bonchev–Trinajstić information content (AvgIpc) is 3.40. The predicted octanol–water partition coefficient (Wildman–Crippen LogP) is 2.78. The van der Waals surface area contributed by atoms with Crippen LogP contribution in [0.2, 0.25) is 0 Å². The predicted molar refractivity (Wildman–Crippen MR) is 120 cm³/mol. The Hall–Kier alpha value is -2.47. The first-order valence-corrected chi connectivity index (χ1v) is 11.8. The first-order valence-electron chi connectivity index (χ1n) is 11.8. The van der Waals surface area contributed by atoms with Gasteiger partial charge in [-0.3, -0.25) is 19.1 Å². The molecule has 0 spiro atoms. The molecule has 3 aliphatic heterocycles. The zero-order valence-corrected chi connectivity index (χ0v) is 18.2. The molecule has 0 aliphatic carbocycles. The number of likely N-dealkylation sites (tertiary alicyclic amines) is 2. The molecule has 6 nitrogen and oxygen atoms in total. The monoisotopic (exact) mass is 420 g/mol. The summed E-state index contributed by atoms with van der Waals surface area (Å²) in [5.74, 6) is 1.89. The van der Waals surface area contributed by atoms with Crippen LogP contribution in [0.4, 0.5) is 0 Å². The van der Waals surface area contributed by atoms with Gasteiger partial charge in [-0.05, 0) is 37.8 Å². The van der Waals surface area contributed by atoms with Gasteiger partial charge in [0.2, 0.25) is 5.91 Å². The number of benzene rings is 1. The summed E-state index contributed by atoms with van der Waals surface area (Å²) in [7, 11) is 0. The highest BCUT2D eigenvalue weighted by atomic mass is 16.2. The van der Waals surface area contributed by atoms with Gasteiger partial charge < -0.3 is 4.90 Å². The number of amides is 1. The van der Waals surface area contributed by atoms with E-state index >= 15 is 0 Å². The van der Waals surface area contributed by atoms with E-state index in [9.17, 15) is 9.59 Å². The van der Waals surface area contributed by atoms with E-state index in [2.05, 4.69) is 29.2 Å². The van der Waals surface area contributed by atoms with Gasteiger partial charge in [0.25, 0.3) is 5.56 Å². The minimum Gasteiger partial charge on any atom is -0.341 e.